The molecule has 4 nitrogen and oxygen atoms in total. The van der Waals surface area contributed by atoms with E-state index in [1.54, 1.807) is 6.07 Å². The minimum Gasteiger partial charge on any atom is -0.485 e. The molecule has 0 radical (unpaired) electrons. The molecule has 0 saturated carbocycles. The lowest BCUT2D eigenvalue weighted by Crippen LogP contribution is -1.98. The number of halogens is 1. The molecule has 0 aliphatic heterocycles. The summed E-state index contributed by atoms with van der Waals surface area (Å²) in [5, 5.41) is 8.75. The summed E-state index contributed by atoms with van der Waals surface area (Å²) in [6, 6.07) is 6.81. The molecule has 0 unspecified atom stereocenters. The first-order valence-electron chi connectivity index (χ1n) is 5.69. The van der Waals surface area contributed by atoms with Gasteiger partial charge >= 0.3 is 5.97 Å². The quantitative estimate of drug-likeness (QED) is 0.925. The Labute approximate surface area is 119 Å². The number of hydrogen-bond acceptors (Lipinski definition) is 3. The van der Waals surface area contributed by atoms with E-state index in [-0.39, 0.29) is 12.4 Å². The van der Waals surface area contributed by atoms with Crippen LogP contribution in [0.25, 0.3) is 0 Å². The van der Waals surface area contributed by atoms with Crippen LogP contribution in [0.5, 0.6) is 5.75 Å². The zero-order chi connectivity index (χ0) is 14.0. The molecule has 2 rings (SSSR count). The Morgan fingerprint density at radius 3 is 2.63 bits per heavy atom. The first kappa shape index (κ1) is 13.7. The molecule has 2 aromatic rings. The molecule has 0 saturated heterocycles. The highest BCUT2D eigenvalue weighted by molar-refractivity contribution is 9.10. The number of carboxylic acids is 1. The first-order chi connectivity index (χ1) is 8.99. The van der Waals surface area contributed by atoms with E-state index in [9.17, 15) is 4.79 Å². The lowest BCUT2D eigenvalue weighted by molar-refractivity contribution is 0.0658. The van der Waals surface area contributed by atoms with Crippen molar-refractivity contribution in [3.8, 4) is 5.75 Å². The molecule has 1 aromatic heterocycles. The van der Waals surface area contributed by atoms with Crippen molar-refractivity contribution < 1.29 is 19.1 Å². The van der Waals surface area contributed by atoms with Gasteiger partial charge in [-0.05, 0) is 49.2 Å². The SMILES string of the molecule is Cc1c(Br)ccc(OCc2ccc(C(=O)O)o2)c1C. The molecule has 100 valence electrons. The van der Waals surface area contributed by atoms with Gasteiger partial charge in [0.1, 0.15) is 18.1 Å². The Hall–Kier alpha value is -1.75. The van der Waals surface area contributed by atoms with Gasteiger partial charge in [0.15, 0.2) is 0 Å². The molecular formula is C14H13BrO4. The van der Waals surface area contributed by atoms with Gasteiger partial charge in [-0.25, -0.2) is 4.79 Å². The predicted octanol–water partition coefficient (Wildman–Crippen LogP) is 3.94. The topological polar surface area (TPSA) is 59.7 Å². The predicted molar refractivity (Wildman–Crippen MR) is 73.6 cm³/mol. The highest BCUT2D eigenvalue weighted by Crippen LogP contribution is 2.28. The Morgan fingerprint density at radius 1 is 1.26 bits per heavy atom. The van der Waals surface area contributed by atoms with Gasteiger partial charge in [-0.15, -0.1) is 0 Å². The third-order valence-electron chi connectivity index (χ3n) is 2.91. The van der Waals surface area contributed by atoms with E-state index in [1.165, 1.54) is 6.07 Å². The molecule has 0 aliphatic carbocycles. The summed E-state index contributed by atoms with van der Waals surface area (Å²) in [6.07, 6.45) is 0. The number of carbonyl (C=O) groups is 1. The Bertz CT molecular complexity index is 616. The summed E-state index contributed by atoms with van der Waals surface area (Å²) in [4.78, 5) is 10.7. The molecule has 0 bridgehead atoms. The number of carboxylic acid groups (broad SMARTS) is 1. The summed E-state index contributed by atoms with van der Waals surface area (Å²) in [5.41, 5.74) is 2.16. The highest BCUT2D eigenvalue weighted by atomic mass is 79.9. The summed E-state index contributed by atoms with van der Waals surface area (Å²) >= 11 is 3.46. The van der Waals surface area contributed by atoms with E-state index in [1.807, 2.05) is 26.0 Å². The van der Waals surface area contributed by atoms with Crippen molar-refractivity contribution in [1.82, 2.24) is 0 Å². The van der Waals surface area contributed by atoms with Crippen molar-refractivity contribution in [3.05, 3.63) is 51.4 Å². The smallest absolute Gasteiger partial charge is 0.371 e. The van der Waals surface area contributed by atoms with Crippen molar-refractivity contribution in [1.29, 1.82) is 0 Å². The fourth-order valence-corrected chi connectivity index (χ4v) is 2.07. The standard InChI is InChI=1S/C14H13BrO4/c1-8-9(2)12(6-4-11(8)15)18-7-10-3-5-13(19-10)14(16)17/h3-6H,7H2,1-2H3,(H,16,17). The number of furan rings is 1. The minimum atomic E-state index is -1.08. The molecule has 0 aliphatic rings. The molecule has 1 N–H and O–H groups in total. The summed E-state index contributed by atoms with van der Waals surface area (Å²) in [6.45, 7) is 4.18. The third kappa shape index (κ3) is 2.98. The largest absolute Gasteiger partial charge is 0.485 e. The van der Waals surface area contributed by atoms with Gasteiger partial charge in [0.2, 0.25) is 5.76 Å². The van der Waals surface area contributed by atoms with Gasteiger partial charge in [-0.2, -0.15) is 0 Å². The van der Waals surface area contributed by atoms with Crippen LogP contribution in [-0.2, 0) is 6.61 Å². The van der Waals surface area contributed by atoms with Crippen LogP contribution in [0.3, 0.4) is 0 Å². The average molecular weight is 325 g/mol. The number of benzene rings is 1. The van der Waals surface area contributed by atoms with Crippen molar-refractivity contribution >= 4 is 21.9 Å². The zero-order valence-electron chi connectivity index (χ0n) is 10.6. The maximum Gasteiger partial charge on any atom is 0.371 e. The van der Waals surface area contributed by atoms with Gasteiger partial charge in [-0.3, -0.25) is 0 Å². The van der Waals surface area contributed by atoms with E-state index in [0.717, 1.165) is 21.3 Å². The van der Waals surface area contributed by atoms with Crippen LogP contribution in [0, 0.1) is 13.8 Å². The van der Waals surface area contributed by atoms with E-state index < -0.39 is 5.97 Å². The van der Waals surface area contributed by atoms with Crippen LogP contribution in [0.15, 0.2) is 33.2 Å². The number of ether oxygens (including phenoxy) is 1. The molecule has 0 amide bonds. The van der Waals surface area contributed by atoms with Gasteiger partial charge in [0.05, 0.1) is 0 Å². The Balaban J connectivity index is 2.10. The van der Waals surface area contributed by atoms with E-state index in [2.05, 4.69) is 15.9 Å². The second-order valence-corrected chi connectivity index (χ2v) is 5.01. The molecule has 0 spiro atoms. The lowest BCUT2D eigenvalue weighted by Gasteiger charge is -2.11. The molecule has 1 aromatic carbocycles. The second kappa shape index (κ2) is 5.48. The maximum absolute atomic E-state index is 10.7. The molecule has 0 fully saturated rings. The van der Waals surface area contributed by atoms with Crippen molar-refractivity contribution in [2.45, 2.75) is 20.5 Å². The first-order valence-corrected chi connectivity index (χ1v) is 6.49. The van der Waals surface area contributed by atoms with E-state index in [0.29, 0.717) is 5.76 Å². The zero-order valence-corrected chi connectivity index (χ0v) is 12.2. The van der Waals surface area contributed by atoms with Crippen LogP contribution >= 0.6 is 15.9 Å². The lowest BCUT2D eigenvalue weighted by atomic mass is 10.1. The van der Waals surface area contributed by atoms with Gasteiger partial charge in [0, 0.05) is 4.47 Å². The molecule has 5 heteroatoms. The van der Waals surface area contributed by atoms with Crippen LogP contribution in [0.1, 0.15) is 27.4 Å². The number of hydrogen-bond donors (Lipinski definition) is 1. The summed E-state index contributed by atoms with van der Waals surface area (Å²) in [5.74, 6) is 0.0792. The monoisotopic (exact) mass is 324 g/mol. The van der Waals surface area contributed by atoms with Gasteiger partial charge in [-0.1, -0.05) is 15.9 Å². The normalized spacial score (nSPS) is 10.5. The molecule has 19 heavy (non-hydrogen) atoms. The fraction of sp³-hybridized carbons (Fsp3) is 0.214. The van der Waals surface area contributed by atoms with E-state index in [4.69, 9.17) is 14.3 Å². The average Bonchev–Trinajstić information content (AvgIpc) is 2.84. The van der Waals surface area contributed by atoms with Gasteiger partial charge < -0.3 is 14.3 Å². The van der Waals surface area contributed by atoms with Crippen molar-refractivity contribution in [2.75, 3.05) is 0 Å². The summed E-state index contributed by atoms with van der Waals surface area (Å²) in [7, 11) is 0. The van der Waals surface area contributed by atoms with Gasteiger partial charge in [0.25, 0.3) is 0 Å². The maximum atomic E-state index is 10.7. The van der Waals surface area contributed by atoms with Crippen LogP contribution in [0.4, 0.5) is 0 Å². The second-order valence-electron chi connectivity index (χ2n) is 4.16. The minimum absolute atomic E-state index is 0.0812. The van der Waals surface area contributed by atoms with Crippen LogP contribution < -0.4 is 4.74 Å². The molecule has 0 atom stereocenters. The number of aromatic carboxylic acids is 1. The third-order valence-corrected chi connectivity index (χ3v) is 3.77. The van der Waals surface area contributed by atoms with E-state index >= 15 is 0 Å². The molecule has 1 heterocycles. The van der Waals surface area contributed by atoms with Crippen LogP contribution in [0.2, 0.25) is 0 Å². The Morgan fingerprint density at radius 2 is 2.00 bits per heavy atom. The summed E-state index contributed by atoms with van der Waals surface area (Å²) < 4.78 is 11.8. The van der Waals surface area contributed by atoms with Crippen molar-refractivity contribution in [3.63, 3.8) is 0 Å². The van der Waals surface area contributed by atoms with Crippen molar-refractivity contribution in [2.24, 2.45) is 0 Å². The number of rotatable bonds is 4. The fourth-order valence-electron chi connectivity index (χ4n) is 1.64. The highest BCUT2D eigenvalue weighted by Gasteiger charge is 2.10. The molecular weight excluding hydrogens is 312 g/mol. The van der Waals surface area contributed by atoms with Crippen LogP contribution in [-0.4, -0.2) is 11.1 Å². The Kier molecular flexibility index (Phi) is 3.95.